The summed E-state index contributed by atoms with van der Waals surface area (Å²) in [5, 5.41) is 6.07. The molecule has 3 amide bonds. The van der Waals surface area contributed by atoms with E-state index in [4.69, 9.17) is 4.74 Å². The highest BCUT2D eigenvalue weighted by Crippen LogP contribution is 2.37. The van der Waals surface area contributed by atoms with E-state index >= 15 is 0 Å². The number of nitrogens with zero attached hydrogens (tertiary/aromatic N) is 1. The first kappa shape index (κ1) is 29.3. The SMILES string of the molecule is CCCN1C(=O)NC(c2ccc(NC(=O)C(c3ccccc3)c3ccccc3)cc2)C(C(=O)OCC)=C1c1ccccc1. The van der Waals surface area contributed by atoms with E-state index in [1.165, 1.54) is 0 Å². The zero-order valence-electron chi connectivity index (χ0n) is 24.3. The monoisotopic (exact) mass is 573 g/mol. The molecule has 218 valence electrons. The maximum absolute atomic E-state index is 13.6. The predicted octanol–water partition coefficient (Wildman–Crippen LogP) is 6.91. The van der Waals surface area contributed by atoms with Crippen molar-refractivity contribution in [1.29, 1.82) is 0 Å². The molecule has 0 spiro atoms. The van der Waals surface area contributed by atoms with Crippen molar-refractivity contribution in [2.75, 3.05) is 18.5 Å². The Hall–Kier alpha value is -5.17. The van der Waals surface area contributed by atoms with E-state index in [2.05, 4.69) is 10.6 Å². The average molecular weight is 574 g/mol. The van der Waals surface area contributed by atoms with Crippen LogP contribution in [0.2, 0.25) is 0 Å². The number of amides is 3. The largest absolute Gasteiger partial charge is 0.463 e. The van der Waals surface area contributed by atoms with Gasteiger partial charge in [-0.3, -0.25) is 9.69 Å². The maximum atomic E-state index is 13.6. The van der Waals surface area contributed by atoms with Crippen molar-refractivity contribution in [3.63, 3.8) is 0 Å². The van der Waals surface area contributed by atoms with Crippen LogP contribution in [0.3, 0.4) is 0 Å². The molecule has 0 aliphatic carbocycles. The molecule has 43 heavy (non-hydrogen) atoms. The number of nitrogens with one attached hydrogen (secondary N) is 2. The lowest BCUT2D eigenvalue weighted by molar-refractivity contribution is -0.139. The molecule has 1 unspecified atom stereocenters. The number of rotatable bonds is 10. The van der Waals surface area contributed by atoms with Crippen molar-refractivity contribution in [2.24, 2.45) is 0 Å². The minimum absolute atomic E-state index is 0.162. The molecule has 4 aromatic rings. The van der Waals surface area contributed by atoms with Gasteiger partial charge in [0.25, 0.3) is 0 Å². The van der Waals surface area contributed by atoms with Gasteiger partial charge in [-0.15, -0.1) is 0 Å². The van der Waals surface area contributed by atoms with Crippen molar-refractivity contribution in [2.45, 2.75) is 32.2 Å². The van der Waals surface area contributed by atoms with Crippen LogP contribution in [0.5, 0.6) is 0 Å². The summed E-state index contributed by atoms with van der Waals surface area (Å²) in [7, 11) is 0. The lowest BCUT2D eigenvalue weighted by Crippen LogP contribution is -2.48. The van der Waals surface area contributed by atoms with Crippen LogP contribution in [0.15, 0.2) is 121 Å². The summed E-state index contributed by atoms with van der Waals surface area (Å²) in [5.74, 6) is -1.14. The number of urea groups is 1. The first-order valence-corrected chi connectivity index (χ1v) is 14.6. The fraction of sp³-hybridized carbons (Fsp3) is 0.194. The van der Waals surface area contributed by atoms with Crippen LogP contribution in [-0.2, 0) is 14.3 Å². The van der Waals surface area contributed by atoms with Gasteiger partial charge in [0.15, 0.2) is 0 Å². The van der Waals surface area contributed by atoms with Crippen molar-refractivity contribution in [3.8, 4) is 0 Å². The van der Waals surface area contributed by atoms with Crippen molar-refractivity contribution < 1.29 is 19.1 Å². The van der Waals surface area contributed by atoms with Gasteiger partial charge in [0, 0.05) is 12.2 Å². The fourth-order valence-electron chi connectivity index (χ4n) is 5.43. The van der Waals surface area contributed by atoms with E-state index in [0.29, 0.717) is 35.5 Å². The smallest absolute Gasteiger partial charge is 0.338 e. The summed E-state index contributed by atoms with van der Waals surface area (Å²) in [5.41, 5.74) is 4.75. The minimum atomic E-state index is -0.735. The van der Waals surface area contributed by atoms with Crippen LogP contribution in [0.4, 0.5) is 10.5 Å². The van der Waals surface area contributed by atoms with Crippen molar-refractivity contribution in [1.82, 2.24) is 10.2 Å². The Morgan fingerprint density at radius 1 is 0.814 bits per heavy atom. The lowest BCUT2D eigenvalue weighted by atomic mass is 9.90. The zero-order chi connectivity index (χ0) is 30.2. The topological polar surface area (TPSA) is 87.7 Å². The maximum Gasteiger partial charge on any atom is 0.338 e. The Kier molecular flexibility index (Phi) is 9.32. The number of anilines is 1. The number of ether oxygens (including phenoxy) is 1. The minimum Gasteiger partial charge on any atom is -0.463 e. The number of carbonyl (C=O) groups is 3. The first-order valence-electron chi connectivity index (χ1n) is 14.6. The standard InChI is InChI=1S/C36H35N3O4/c1-3-24-39-33(28-18-12-7-13-19-28)31(35(41)43-4-2)32(38-36(39)42)27-20-22-29(23-21-27)37-34(40)30(25-14-8-5-9-15-25)26-16-10-6-11-17-26/h5-23,30,32H,3-4,24H2,1-2H3,(H,37,40)(H,38,42). The number of hydrogen-bond donors (Lipinski definition) is 2. The summed E-state index contributed by atoms with van der Waals surface area (Å²) < 4.78 is 5.50. The molecule has 1 aliphatic rings. The third-order valence-electron chi connectivity index (χ3n) is 7.36. The van der Waals surface area contributed by atoms with Gasteiger partial charge in [-0.05, 0) is 47.7 Å². The van der Waals surface area contributed by atoms with Gasteiger partial charge in [-0.1, -0.05) is 110 Å². The van der Waals surface area contributed by atoms with Gasteiger partial charge in [0.1, 0.15) is 0 Å². The normalized spacial score (nSPS) is 14.8. The Balaban J connectivity index is 1.49. The first-order chi connectivity index (χ1) is 21.0. The highest BCUT2D eigenvalue weighted by Gasteiger charge is 2.38. The van der Waals surface area contributed by atoms with E-state index in [1.807, 2.05) is 110 Å². The third-order valence-corrected chi connectivity index (χ3v) is 7.36. The molecule has 2 N–H and O–H groups in total. The van der Waals surface area contributed by atoms with E-state index in [0.717, 1.165) is 16.7 Å². The van der Waals surface area contributed by atoms with Crippen LogP contribution in [0.25, 0.3) is 5.70 Å². The van der Waals surface area contributed by atoms with Gasteiger partial charge in [-0.2, -0.15) is 0 Å². The summed E-state index contributed by atoms with van der Waals surface area (Å²) in [6.45, 7) is 4.39. The van der Waals surface area contributed by atoms with E-state index < -0.39 is 17.9 Å². The van der Waals surface area contributed by atoms with Crippen LogP contribution < -0.4 is 10.6 Å². The molecular weight excluding hydrogens is 538 g/mol. The molecule has 5 rings (SSSR count). The van der Waals surface area contributed by atoms with Crippen LogP contribution in [0.1, 0.15) is 54.5 Å². The number of benzene rings is 4. The number of hydrogen-bond acceptors (Lipinski definition) is 4. The third kappa shape index (κ3) is 6.51. The summed E-state index contributed by atoms with van der Waals surface area (Å²) in [6.07, 6.45) is 0.714. The Morgan fingerprint density at radius 2 is 1.37 bits per heavy atom. The van der Waals surface area contributed by atoms with Crippen LogP contribution >= 0.6 is 0 Å². The molecule has 0 saturated carbocycles. The molecule has 0 aromatic heterocycles. The number of carbonyl (C=O) groups excluding carboxylic acids is 3. The number of esters is 1. The molecule has 1 heterocycles. The zero-order valence-corrected chi connectivity index (χ0v) is 24.3. The van der Waals surface area contributed by atoms with Crippen molar-refractivity contribution >= 4 is 29.3 Å². The molecular formula is C36H35N3O4. The van der Waals surface area contributed by atoms with Gasteiger partial charge >= 0.3 is 12.0 Å². The van der Waals surface area contributed by atoms with E-state index in [9.17, 15) is 14.4 Å². The molecule has 4 aromatic carbocycles. The quantitative estimate of drug-likeness (QED) is 0.202. The summed E-state index contributed by atoms with van der Waals surface area (Å²) in [4.78, 5) is 42.1. The molecule has 1 atom stereocenters. The Morgan fingerprint density at radius 3 is 1.91 bits per heavy atom. The van der Waals surface area contributed by atoms with Gasteiger partial charge in [0.2, 0.25) is 5.91 Å². The molecule has 0 bridgehead atoms. The molecule has 0 radical (unpaired) electrons. The fourth-order valence-corrected chi connectivity index (χ4v) is 5.43. The molecule has 7 heteroatoms. The highest BCUT2D eigenvalue weighted by molar-refractivity contribution is 6.04. The Bertz CT molecular complexity index is 1550. The second-order valence-corrected chi connectivity index (χ2v) is 10.2. The predicted molar refractivity (Wildman–Crippen MR) is 168 cm³/mol. The second-order valence-electron chi connectivity index (χ2n) is 10.2. The van der Waals surface area contributed by atoms with Crippen LogP contribution in [-0.4, -0.2) is 36.0 Å². The lowest BCUT2D eigenvalue weighted by Gasteiger charge is -2.36. The van der Waals surface area contributed by atoms with Crippen LogP contribution in [0, 0.1) is 0 Å². The molecule has 0 saturated heterocycles. The Labute approximate surface area is 252 Å². The molecule has 7 nitrogen and oxygen atoms in total. The molecule has 1 aliphatic heterocycles. The van der Waals surface area contributed by atoms with E-state index in [1.54, 1.807) is 24.0 Å². The van der Waals surface area contributed by atoms with Gasteiger partial charge < -0.3 is 15.4 Å². The average Bonchev–Trinajstić information content (AvgIpc) is 3.04. The molecule has 0 fully saturated rings. The summed E-state index contributed by atoms with van der Waals surface area (Å²) >= 11 is 0. The van der Waals surface area contributed by atoms with Gasteiger partial charge in [-0.25, -0.2) is 9.59 Å². The van der Waals surface area contributed by atoms with Gasteiger partial charge in [0.05, 0.1) is 29.8 Å². The summed E-state index contributed by atoms with van der Waals surface area (Å²) in [6, 6.07) is 35.0. The van der Waals surface area contributed by atoms with E-state index in [-0.39, 0.29) is 18.5 Å². The van der Waals surface area contributed by atoms with Crippen molar-refractivity contribution in [3.05, 3.63) is 143 Å². The highest BCUT2D eigenvalue weighted by atomic mass is 16.5. The second kappa shape index (κ2) is 13.7.